The summed E-state index contributed by atoms with van der Waals surface area (Å²) in [5, 5.41) is 4.48. The van der Waals surface area contributed by atoms with E-state index in [0.717, 1.165) is 16.5 Å². The van der Waals surface area contributed by atoms with Gasteiger partial charge in [-0.15, -0.1) is 0 Å². The van der Waals surface area contributed by atoms with Crippen LogP contribution in [0, 0.1) is 6.92 Å². The zero-order valence-electron chi connectivity index (χ0n) is 14.0. The van der Waals surface area contributed by atoms with Crippen LogP contribution in [0.5, 0.6) is 5.75 Å². The number of fused-ring (bicyclic) bond motifs is 2. The maximum atomic E-state index is 11.4. The Morgan fingerprint density at radius 1 is 0.917 bits per heavy atom. The molecule has 0 spiro atoms. The molecule has 3 aromatic rings. The van der Waals surface area contributed by atoms with Crippen molar-refractivity contribution in [1.82, 2.24) is 0 Å². The molecule has 122 valence electrons. The second-order valence-corrected chi connectivity index (χ2v) is 5.81. The van der Waals surface area contributed by atoms with Crippen molar-refractivity contribution in [1.29, 1.82) is 0 Å². The molecule has 3 heteroatoms. The first kappa shape index (κ1) is 16.1. The third-order valence-electron chi connectivity index (χ3n) is 4.06. The summed E-state index contributed by atoms with van der Waals surface area (Å²) in [4.78, 5) is 11.4. The van der Waals surface area contributed by atoms with Gasteiger partial charge < -0.3 is 9.47 Å². The summed E-state index contributed by atoms with van der Waals surface area (Å²) in [7, 11) is 0. The van der Waals surface area contributed by atoms with Crippen molar-refractivity contribution in [2.75, 3.05) is 13.2 Å². The van der Waals surface area contributed by atoms with Gasteiger partial charge in [-0.05, 0) is 30.2 Å². The average Bonchev–Trinajstić information content (AvgIpc) is 2.60. The standard InChI is InChI=1S/C21H20O3/c1-14(2)21(22)24-13-12-23-20-18-10-6-4-8-16(18)15(3)17-9-5-7-11-19(17)20/h4-11H,1,12-13H2,2-3H3. The molecular formula is C21H20O3. The number of ether oxygens (including phenoxy) is 2. The summed E-state index contributed by atoms with van der Waals surface area (Å²) >= 11 is 0. The zero-order valence-corrected chi connectivity index (χ0v) is 14.0. The molecule has 0 N–H and O–H groups in total. The molecular weight excluding hydrogens is 300 g/mol. The number of esters is 1. The Morgan fingerprint density at radius 2 is 1.42 bits per heavy atom. The normalized spacial score (nSPS) is 10.8. The van der Waals surface area contributed by atoms with E-state index in [1.807, 2.05) is 24.3 Å². The van der Waals surface area contributed by atoms with E-state index in [-0.39, 0.29) is 6.61 Å². The lowest BCUT2D eigenvalue weighted by Gasteiger charge is -2.15. The second kappa shape index (κ2) is 6.75. The minimum Gasteiger partial charge on any atom is -0.489 e. The number of carbonyl (C=O) groups is 1. The highest BCUT2D eigenvalue weighted by atomic mass is 16.6. The quantitative estimate of drug-likeness (QED) is 0.293. The molecule has 0 bridgehead atoms. The zero-order chi connectivity index (χ0) is 17.1. The summed E-state index contributed by atoms with van der Waals surface area (Å²) < 4.78 is 11.1. The van der Waals surface area contributed by atoms with Crippen molar-refractivity contribution >= 4 is 27.5 Å². The predicted octanol–water partition coefficient (Wildman–Crippen LogP) is 4.80. The van der Waals surface area contributed by atoms with Gasteiger partial charge in [0.1, 0.15) is 19.0 Å². The van der Waals surface area contributed by atoms with Crippen molar-refractivity contribution < 1.29 is 14.3 Å². The molecule has 0 unspecified atom stereocenters. The van der Waals surface area contributed by atoms with Crippen LogP contribution < -0.4 is 4.74 Å². The third-order valence-corrected chi connectivity index (χ3v) is 4.06. The Bertz CT molecular complexity index is 868. The van der Waals surface area contributed by atoms with Crippen LogP contribution >= 0.6 is 0 Å². The highest BCUT2D eigenvalue weighted by molar-refractivity contribution is 6.08. The fourth-order valence-corrected chi connectivity index (χ4v) is 2.86. The smallest absolute Gasteiger partial charge is 0.333 e. The molecule has 3 rings (SSSR count). The molecule has 3 aromatic carbocycles. The van der Waals surface area contributed by atoms with E-state index in [4.69, 9.17) is 9.47 Å². The summed E-state index contributed by atoms with van der Waals surface area (Å²) in [6, 6.07) is 16.4. The lowest BCUT2D eigenvalue weighted by atomic mass is 9.96. The van der Waals surface area contributed by atoms with Gasteiger partial charge >= 0.3 is 5.97 Å². The first-order valence-electron chi connectivity index (χ1n) is 7.95. The van der Waals surface area contributed by atoms with Crippen LogP contribution in [0.3, 0.4) is 0 Å². The number of hydrogen-bond acceptors (Lipinski definition) is 3. The molecule has 0 saturated heterocycles. The molecule has 0 amide bonds. The van der Waals surface area contributed by atoms with Crippen molar-refractivity contribution in [3.8, 4) is 5.75 Å². The Kier molecular flexibility index (Phi) is 4.52. The highest BCUT2D eigenvalue weighted by Gasteiger charge is 2.12. The van der Waals surface area contributed by atoms with E-state index in [0.29, 0.717) is 12.2 Å². The van der Waals surface area contributed by atoms with Crippen LogP contribution in [0.25, 0.3) is 21.5 Å². The van der Waals surface area contributed by atoms with Gasteiger partial charge in [0.25, 0.3) is 0 Å². The summed E-state index contributed by atoms with van der Waals surface area (Å²) in [6.07, 6.45) is 0. The minimum absolute atomic E-state index is 0.197. The van der Waals surface area contributed by atoms with Gasteiger partial charge in [0.2, 0.25) is 0 Å². The maximum Gasteiger partial charge on any atom is 0.333 e. The van der Waals surface area contributed by atoms with Crippen LogP contribution in [-0.2, 0) is 9.53 Å². The van der Waals surface area contributed by atoms with Crippen LogP contribution in [0.2, 0.25) is 0 Å². The first-order valence-corrected chi connectivity index (χ1v) is 7.95. The molecule has 0 aliphatic heterocycles. The van der Waals surface area contributed by atoms with Gasteiger partial charge in [0.05, 0.1) is 0 Å². The maximum absolute atomic E-state index is 11.4. The van der Waals surface area contributed by atoms with Crippen molar-refractivity contribution in [2.24, 2.45) is 0 Å². The summed E-state index contributed by atoms with van der Waals surface area (Å²) in [5.74, 6) is 0.440. The fourth-order valence-electron chi connectivity index (χ4n) is 2.86. The summed E-state index contributed by atoms with van der Waals surface area (Å²) in [6.45, 7) is 7.82. The first-order chi connectivity index (χ1) is 11.6. The van der Waals surface area contributed by atoms with Crippen LogP contribution in [0.15, 0.2) is 60.7 Å². The van der Waals surface area contributed by atoms with Crippen molar-refractivity contribution in [3.05, 3.63) is 66.2 Å². The topological polar surface area (TPSA) is 35.5 Å². The van der Waals surface area contributed by atoms with Crippen molar-refractivity contribution in [3.63, 3.8) is 0 Å². The number of rotatable bonds is 5. The second-order valence-electron chi connectivity index (χ2n) is 5.81. The lowest BCUT2D eigenvalue weighted by Crippen LogP contribution is -2.12. The largest absolute Gasteiger partial charge is 0.489 e. The predicted molar refractivity (Wildman–Crippen MR) is 97.5 cm³/mol. The number of aryl methyl sites for hydroxylation is 1. The Balaban J connectivity index is 1.95. The van der Waals surface area contributed by atoms with Gasteiger partial charge in [-0.1, -0.05) is 55.1 Å². The Hall–Kier alpha value is -2.81. The minimum atomic E-state index is -0.391. The van der Waals surface area contributed by atoms with Crippen LogP contribution in [0.4, 0.5) is 0 Å². The highest BCUT2D eigenvalue weighted by Crippen LogP contribution is 2.37. The van der Waals surface area contributed by atoms with Gasteiger partial charge in [-0.3, -0.25) is 0 Å². The fraction of sp³-hybridized carbons (Fsp3) is 0.190. The molecule has 0 atom stereocenters. The van der Waals surface area contributed by atoms with Crippen LogP contribution in [0.1, 0.15) is 12.5 Å². The van der Waals surface area contributed by atoms with E-state index in [9.17, 15) is 4.79 Å². The molecule has 24 heavy (non-hydrogen) atoms. The van der Waals surface area contributed by atoms with Gasteiger partial charge in [0.15, 0.2) is 0 Å². The molecule has 3 nitrogen and oxygen atoms in total. The summed E-state index contributed by atoms with van der Waals surface area (Å²) in [5.41, 5.74) is 1.63. The van der Waals surface area contributed by atoms with E-state index in [1.54, 1.807) is 6.92 Å². The van der Waals surface area contributed by atoms with Gasteiger partial charge in [0, 0.05) is 16.3 Å². The third kappa shape index (κ3) is 2.98. The van der Waals surface area contributed by atoms with Crippen molar-refractivity contribution in [2.45, 2.75) is 13.8 Å². The van der Waals surface area contributed by atoms with Gasteiger partial charge in [-0.25, -0.2) is 4.79 Å². The van der Waals surface area contributed by atoms with E-state index >= 15 is 0 Å². The molecule has 0 aliphatic carbocycles. The van der Waals surface area contributed by atoms with Gasteiger partial charge in [-0.2, -0.15) is 0 Å². The molecule has 0 saturated carbocycles. The Morgan fingerprint density at radius 3 is 1.92 bits per heavy atom. The molecule has 0 heterocycles. The van der Waals surface area contributed by atoms with Crippen LogP contribution in [-0.4, -0.2) is 19.2 Å². The monoisotopic (exact) mass is 320 g/mol. The number of benzene rings is 3. The lowest BCUT2D eigenvalue weighted by molar-refractivity contribution is -0.139. The number of hydrogen-bond donors (Lipinski definition) is 0. The SMILES string of the molecule is C=C(C)C(=O)OCCOc1c2ccccc2c(C)c2ccccc12. The molecule has 0 radical (unpaired) electrons. The van der Waals surface area contributed by atoms with E-state index in [1.165, 1.54) is 16.3 Å². The van der Waals surface area contributed by atoms with E-state index in [2.05, 4.69) is 37.8 Å². The molecule has 0 aromatic heterocycles. The van der Waals surface area contributed by atoms with E-state index < -0.39 is 5.97 Å². The molecule has 0 fully saturated rings. The molecule has 0 aliphatic rings. The Labute approximate surface area is 141 Å². The average molecular weight is 320 g/mol. The number of carbonyl (C=O) groups excluding carboxylic acids is 1.